The highest BCUT2D eigenvalue weighted by molar-refractivity contribution is 7.99. The lowest BCUT2D eigenvalue weighted by atomic mass is 10.2. The van der Waals surface area contributed by atoms with Crippen molar-refractivity contribution in [1.82, 2.24) is 9.97 Å². The zero-order chi connectivity index (χ0) is 13.9. The summed E-state index contributed by atoms with van der Waals surface area (Å²) in [5, 5.41) is 0.620. The SMILES string of the molecule is CCSc1ccc(-c2nc3ccccc3c(=O)[nH]2)cc1. The summed E-state index contributed by atoms with van der Waals surface area (Å²) in [7, 11) is 0. The van der Waals surface area contributed by atoms with E-state index in [0.717, 1.165) is 16.8 Å². The van der Waals surface area contributed by atoms with E-state index in [1.807, 2.05) is 30.3 Å². The Hall–Kier alpha value is -2.07. The normalized spacial score (nSPS) is 10.8. The molecule has 3 rings (SSSR count). The highest BCUT2D eigenvalue weighted by Gasteiger charge is 2.05. The van der Waals surface area contributed by atoms with Crippen molar-refractivity contribution >= 4 is 22.7 Å². The molecule has 0 amide bonds. The van der Waals surface area contributed by atoms with Gasteiger partial charge in [-0.15, -0.1) is 11.8 Å². The summed E-state index contributed by atoms with van der Waals surface area (Å²) < 4.78 is 0. The van der Waals surface area contributed by atoms with Crippen LogP contribution in [-0.2, 0) is 0 Å². The predicted molar refractivity (Wildman–Crippen MR) is 84.2 cm³/mol. The van der Waals surface area contributed by atoms with Crippen molar-refractivity contribution in [3.63, 3.8) is 0 Å². The number of H-pyrrole nitrogens is 1. The van der Waals surface area contributed by atoms with Gasteiger partial charge in [-0.05, 0) is 30.0 Å². The van der Waals surface area contributed by atoms with Gasteiger partial charge in [0.2, 0.25) is 0 Å². The van der Waals surface area contributed by atoms with E-state index in [1.165, 1.54) is 4.90 Å². The van der Waals surface area contributed by atoms with Crippen LogP contribution in [0.3, 0.4) is 0 Å². The first-order valence-electron chi connectivity index (χ1n) is 6.50. The second kappa shape index (κ2) is 5.51. The molecule has 0 aliphatic rings. The summed E-state index contributed by atoms with van der Waals surface area (Å²) in [5.74, 6) is 1.66. The quantitative estimate of drug-likeness (QED) is 0.745. The van der Waals surface area contributed by atoms with Gasteiger partial charge in [-0.25, -0.2) is 4.98 Å². The van der Waals surface area contributed by atoms with E-state index < -0.39 is 0 Å². The van der Waals surface area contributed by atoms with E-state index in [4.69, 9.17) is 0 Å². The summed E-state index contributed by atoms with van der Waals surface area (Å²) in [5.41, 5.74) is 1.55. The van der Waals surface area contributed by atoms with Gasteiger partial charge in [0.15, 0.2) is 0 Å². The Bertz CT molecular complexity index is 793. The molecule has 4 heteroatoms. The minimum atomic E-state index is -0.0994. The van der Waals surface area contributed by atoms with Crippen LogP contribution in [0, 0.1) is 0 Å². The van der Waals surface area contributed by atoms with Crippen LogP contribution in [0.5, 0.6) is 0 Å². The summed E-state index contributed by atoms with van der Waals surface area (Å²) in [6, 6.07) is 15.5. The molecule has 0 spiro atoms. The third-order valence-corrected chi connectivity index (χ3v) is 3.95. The molecule has 20 heavy (non-hydrogen) atoms. The second-order valence-corrected chi connectivity index (χ2v) is 5.73. The number of nitrogens with one attached hydrogen (secondary N) is 1. The number of aromatic nitrogens is 2. The van der Waals surface area contributed by atoms with Gasteiger partial charge >= 0.3 is 0 Å². The van der Waals surface area contributed by atoms with Crippen LogP contribution in [0.1, 0.15) is 6.92 Å². The smallest absolute Gasteiger partial charge is 0.259 e. The number of aromatic amines is 1. The van der Waals surface area contributed by atoms with Gasteiger partial charge in [-0.1, -0.05) is 31.2 Å². The maximum Gasteiger partial charge on any atom is 0.259 e. The molecule has 0 bridgehead atoms. The summed E-state index contributed by atoms with van der Waals surface area (Å²) >= 11 is 1.79. The molecule has 0 aliphatic heterocycles. The molecule has 3 nitrogen and oxygen atoms in total. The average molecular weight is 282 g/mol. The van der Waals surface area contributed by atoms with Gasteiger partial charge in [0, 0.05) is 10.5 Å². The van der Waals surface area contributed by atoms with Crippen molar-refractivity contribution in [2.24, 2.45) is 0 Å². The predicted octanol–water partition coefficient (Wildman–Crippen LogP) is 3.70. The molecule has 0 saturated heterocycles. The molecule has 0 fully saturated rings. The topological polar surface area (TPSA) is 45.8 Å². The maximum absolute atomic E-state index is 12.0. The summed E-state index contributed by atoms with van der Waals surface area (Å²) in [6.07, 6.45) is 0. The van der Waals surface area contributed by atoms with E-state index in [1.54, 1.807) is 17.8 Å². The number of nitrogens with zero attached hydrogens (tertiary/aromatic N) is 1. The molecule has 0 aliphatic carbocycles. The molecule has 1 N–H and O–H groups in total. The Morgan fingerprint density at radius 3 is 2.60 bits per heavy atom. The summed E-state index contributed by atoms with van der Waals surface area (Å²) in [4.78, 5) is 20.6. The molecule has 3 aromatic rings. The minimum absolute atomic E-state index is 0.0994. The highest BCUT2D eigenvalue weighted by Crippen LogP contribution is 2.22. The Balaban J connectivity index is 2.07. The largest absolute Gasteiger partial charge is 0.306 e. The fraction of sp³-hybridized carbons (Fsp3) is 0.125. The van der Waals surface area contributed by atoms with Gasteiger partial charge < -0.3 is 4.98 Å². The Morgan fingerprint density at radius 2 is 1.85 bits per heavy atom. The van der Waals surface area contributed by atoms with Crippen LogP contribution in [0.2, 0.25) is 0 Å². The number of para-hydroxylation sites is 1. The molecular formula is C16H14N2OS. The van der Waals surface area contributed by atoms with Crippen LogP contribution in [0.4, 0.5) is 0 Å². The molecule has 1 aromatic heterocycles. The van der Waals surface area contributed by atoms with Crippen molar-refractivity contribution in [3.05, 3.63) is 58.9 Å². The van der Waals surface area contributed by atoms with Crippen LogP contribution in [0.25, 0.3) is 22.3 Å². The third-order valence-electron chi connectivity index (χ3n) is 3.05. The summed E-state index contributed by atoms with van der Waals surface area (Å²) in [6.45, 7) is 2.13. The Labute approximate surface area is 121 Å². The Morgan fingerprint density at radius 1 is 1.10 bits per heavy atom. The molecule has 1 heterocycles. The highest BCUT2D eigenvalue weighted by atomic mass is 32.2. The second-order valence-electron chi connectivity index (χ2n) is 4.39. The van der Waals surface area contributed by atoms with E-state index in [0.29, 0.717) is 11.2 Å². The first kappa shape index (κ1) is 12.9. The third kappa shape index (κ3) is 2.47. The van der Waals surface area contributed by atoms with Crippen molar-refractivity contribution in [1.29, 1.82) is 0 Å². The zero-order valence-electron chi connectivity index (χ0n) is 11.1. The zero-order valence-corrected chi connectivity index (χ0v) is 11.9. The van der Waals surface area contributed by atoms with E-state index in [2.05, 4.69) is 29.0 Å². The standard InChI is InChI=1S/C16H14N2OS/c1-2-20-12-9-7-11(8-10-12)15-17-14-6-4-3-5-13(14)16(19)18-15/h3-10H,2H2,1H3,(H,17,18,19). The number of benzene rings is 2. The number of thioether (sulfide) groups is 1. The molecule has 0 radical (unpaired) electrons. The fourth-order valence-corrected chi connectivity index (χ4v) is 2.76. The van der Waals surface area contributed by atoms with Crippen LogP contribution >= 0.6 is 11.8 Å². The molecule has 0 atom stereocenters. The van der Waals surface area contributed by atoms with Crippen molar-refractivity contribution in [2.45, 2.75) is 11.8 Å². The van der Waals surface area contributed by atoms with Gasteiger partial charge in [0.05, 0.1) is 10.9 Å². The van der Waals surface area contributed by atoms with Gasteiger partial charge in [-0.2, -0.15) is 0 Å². The monoisotopic (exact) mass is 282 g/mol. The number of hydrogen-bond acceptors (Lipinski definition) is 3. The van der Waals surface area contributed by atoms with Crippen LogP contribution in [0.15, 0.2) is 58.2 Å². The van der Waals surface area contributed by atoms with Gasteiger partial charge in [0.25, 0.3) is 5.56 Å². The number of fused-ring (bicyclic) bond motifs is 1. The molecule has 100 valence electrons. The van der Waals surface area contributed by atoms with Gasteiger partial charge in [-0.3, -0.25) is 4.79 Å². The van der Waals surface area contributed by atoms with Crippen LogP contribution in [-0.4, -0.2) is 15.7 Å². The lowest BCUT2D eigenvalue weighted by Crippen LogP contribution is -2.09. The fourth-order valence-electron chi connectivity index (χ4n) is 2.10. The minimum Gasteiger partial charge on any atom is -0.306 e. The van der Waals surface area contributed by atoms with Crippen molar-refractivity contribution in [2.75, 3.05) is 5.75 Å². The lowest BCUT2D eigenvalue weighted by molar-refractivity contribution is 1.18. The first-order chi connectivity index (χ1) is 9.78. The van der Waals surface area contributed by atoms with E-state index >= 15 is 0 Å². The van der Waals surface area contributed by atoms with Gasteiger partial charge in [0.1, 0.15) is 5.82 Å². The molecular weight excluding hydrogens is 268 g/mol. The molecule has 0 saturated carbocycles. The van der Waals surface area contributed by atoms with E-state index in [9.17, 15) is 4.79 Å². The maximum atomic E-state index is 12.0. The average Bonchev–Trinajstić information content (AvgIpc) is 2.48. The first-order valence-corrected chi connectivity index (χ1v) is 7.49. The number of hydrogen-bond donors (Lipinski definition) is 1. The number of rotatable bonds is 3. The Kier molecular flexibility index (Phi) is 3.56. The lowest BCUT2D eigenvalue weighted by Gasteiger charge is -2.04. The van der Waals surface area contributed by atoms with E-state index in [-0.39, 0.29) is 5.56 Å². The molecule has 0 unspecified atom stereocenters. The molecule has 2 aromatic carbocycles. The van der Waals surface area contributed by atoms with Crippen molar-refractivity contribution in [3.8, 4) is 11.4 Å². The van der Waals surface area contributed by atoms with Crippen LogP contribution < -0.4 is 5.56 Å². The van der Waals surface area contributed by atoms with Crippen molar-refractivity contribution < 1.29 is 0 Å².